The number of rotatable bonds is 0. The van der Waals surface area contributed by atoms with E-state index in [2.05, 4.69) is 10.6 Å². The number of carbonyl (C=O) groups is 1. The molecule has 1 atom stereocenters. The number of nitrogens with one attached hydrogen (secondary N) is 2. The van der Waals surface area contributed by atoms with Crippen LogP contribution in [0.1, 0.15) is 12.0 Å². The van der Waals surface area contributed by atoms with E-state index < -0.39 is 17.5 Å². The van der Waals surface area contributed by atoms with Crippen LogP contribution in [0.15, 0.2) is 12.1 Å². The molecule has 1 fully saturated rings. The Morgan fingerprint density at radius 3 is 3.00 bits per heavy atom. The number of halogens is 2. The number of hydrogen-bond donors (Lipinski definition) is 2. The van der Waals surface area contributed by atoms with Gasteiger partial charge in [-0.3, -0.25) is 5.32 Å². The molecule has 0 unspecified atom stereocenters. The van der Waals surface area contributed by atoms with Crippen LogP contribution >= 0.6 is 11.6 Å². The van der Waals surface area contributed by atoms with Crippen LogP contribution in [-0.4, -0.2) is 19.2 Å². The van der Waals surface area contributed by atoms with E-state index >= 15 is 0 Å². The SMILES string of the molecule is O=C1Nc2ccc(Cl)c(F)c2[C@]2(CCNC2)O1. The third-order valence-corrected chi connectivity index (χ3v) is 3.48. The standard InChI is InChI=1S/C11H10ClFN2O2/c12-6-1-2-7-8(9(6)13)11(3-4-14-5-11)17-10(16)15-7/h1-2,14H,3-5H2,(H,15,16)/t11-/m1/s1. The Morgan fingerprint density at radius 1 is 1.47 bits per heavy atom. The van der Waals surface area contributed by atoms with Crippen molar-refractivity contribution in [1.29, 1.82) is 0 Å². The number of hydrogen-bond acceptors (Lipinski definition) is 3. The van der Waals surface area contributed by atoms with Gasteiger partial charge in [0.05, 0.1) is 16.3 Å². The molecule has 0 bridgehead atoms. The lowest BCUT2D eigenvalue weighted by molar-refractivity contribution is 0.0250. The lowest BCUT2D eigenvalue weighted by Gasteiger charge is -2.35. The normalized spacial score (nSPS) is 26.6. The maximum atomic E-state index is 14.1. The molecule has 0 radical (unpaired) electrons. The largest absolute Gasteiger partial charge is 0.436 e. The van der Waals surface area contributed by atoms with Gasteiger partial charge in [-0.25, -0.2) is 9.18 Å². The third-order valence-electron chi connectivity index (χ3n) is 3.19. The van der Waals surface area contributed by atoms with Gasteiger partial charge in [-0.05, 0) is 18.7 Å². The molecule has 1 saturated heterocycles. The first-order valence-corrected chi connectivity index (χ1v) is 5.69. The van der Waals surface area contributed by atoms with Gasteiger partial charge in [-0.15, -0.1) is 0 Å². The van der Waals surface area contributed by atoms with Crippen molar-refractivity contribution in [3.8, 4) is 0 Å². The molecule has 2 aliphatic heterocycles. The molecule has 1 amide bonds. The van der Waals surface area contributed by atoms with Gasteiger partial charge in [0.1, 0.15) is 0 Å². The molecule has 1 aromatic rings. The Morgan fingerprint density at radius 2 is 2.29 bits per heavy atom. The predicted molar refractivity (Wildman–Crippen MR) is 60.7 cm³/mol. The topological polar surface area (TPSA) is 50.4 Å². The summed E-state index contributed by atoms with van der Waals surface area (Å²) in [4.78, 5) is 11.5. The van der Waals surface area contributed by atoms with E-state index in [1.165, 1.54) is 6.07 Å². The molecule has 3 rings (SSSR count). The fourth-order valence-electron chi connectivity index (χ4n) is 2.43. The summed E-state index contributed by atoms with van der Waals surface area (Å²) in [5, 5.41) is 5.60. The maximum Gasteiger partial charge on any atom is 0.412 e. The number of fused-ring (bicyclic) bond motifs is 2. The number of carbonyl (C=O) groups excluding carboxylic acids is 1. The van der Waals surface area contributed by atoms with E-state index in [0.29, 0.717) is 30.8 Å². The summed E-state index contributed by atoms with van der Waals surface area (Å²) < 4.78 is 19.4. The number of amides is 1. The van der Waals surface area contributed by atoms with Crippen LogP contribution in [0.4, 0.5) is 14.9 Å². The molecule has 0 saturated carbocycles. The molecule has 2 aliphatic rings. The molecule has 1 aromatic carbocycles. The minimum absolute atomic E-state index is 0.0368. The van der Waals surface area contributed by atoms with Gasteiger partial charge in [0, 0.05) is 13.0 Å². The molecule has 1 spiro atoms. The van der Waals surface area contributed by atoms with Gasteiger partial charge in [0.15, 0.2) is 11.4 Å². The Bertz CT molecular complexity index is 500. The maximum absolute atomic E-state index is 14.1. The first-order chi connectivity index (χ1) is 8.12. The molecule has 17 heavy (non-hydrogen) atoms. The van der Waals surface area contributed by atoms with Gasteiger partial charge in [0.25, 0.3) is 0 Å². The summed E-state index contributed by atoms with van der Waals surface area (Å²) in [6, 6.07) is 3.03. The zero-order valence-corrected chi connectivity index (χ0v) is 9.60. The molecular weight excluding hydrogens is 247 g/mol. The predicted octanol–water partition coefficient (Wildman–Crippen LogP) is 2.23. The van der Waals surface area contributed by atoms with E-state index in [9.17, 15) is 9.18 Å². The molecule has 90 valence electrons. The Kier molecular flexibility index (Phi) is 2.27. The van der Waals surface area contributed by atoms with Gasteiger partial charge in [-0.2, -0.15) is 0 Å². The van der Waals surface area contributed by atoms with Crippen LogP contribution in [0, 0.1) is 5.82 Å². The summed E-state index contributed by atoms with van der Waals surface area (Å²) in [5.41, 5.74) is -0.145. The zero-order chi connectivity index (χ0) is 12.0. The van der Waals surface area contributed by atoms with Crippen molar-refractivity contribution < 1.29 is 13.9 Å². The number of ether oxygens (including phenoxy) is 1. The van der Waals surface area contributed by atoms with E-state index in [1.807, 2.05) is 0 Å². The monoisotopic (exact) mass is 256 g/mol. The van der Waals surface area contributed by atoms with Gasteiger partial charge in [0.2, 0.25) is 0 Å². The molecule has 2 N–H and O–H groups in total. The summed E-state index contributed by atoms with van der Waals surface area (Å²) in [6.45, 7) is 1.09. The number of benzene rings is 1. The summed E-state index contributed by atoms with van der Waals surface area (Å²) in [7, 11) is 0. The van der Waals surface area contributed by atoms with Crippen LogP contribution in [0.5, 0.6) is 0 Å². The van der Waals surface area contributed by atoms with E-state index in [1.54, 1.807) is 6.07 Å². The number of anilines is 1. The van der Waals surface area contributed by atoms with Crippen LogP contribution in [0.2, 0.25) is 5.02 Å². The molecule has 4 nitrogen and oxygen atoms in total. The van der Waals surface area contributed by atoms with Gasteiger partial charge in [-0.1, -0.05) is 11.6 Å². The van der Waals surface area contributed by atoms with Crippen LogP contribution in [-0.2, 0) is 10.3 Å². The second kappa shape index (κ2) is 3.58. The fourth-order valence-corrected chi connectivity index (χ4v) is 2.59. The first kappa shape index (κ1) is 10.8. The average Bonchev–Trinajstić information content (AvgIpc) is 2.72. The van der Waals surface area contributed by atoms with Crippen molar-refractivity contribution in [1.82, 2.24) is 5.32 Å². The lowest BCUT2D eigenvalue weighted by atomic mass is 9.89. The Labute approximate surface area is 102 Å². The Hall–Kier alpha value is -1.33. The summed E-state index contributed by atoms with van der Waals surface area (Å²) in [5.74, 6) is -0.520. The minimum Gasteiger partial charge on any atom is -0.436 e. The van der Waals surface area contributed by atoms with Crippen LogP contribution in [0.3, 0.4) is 0 Å². The van der Waals surface area contributed by atoms with Gasteiger partial charge >= 0.3 is 6.09 Å². The molecule has 0 aromatic heterocycles. The van der Waals surface area contributed by atoms with Crippen molar-refractivity contribution in [3.63, 3.8) is 0 Å². The highest BCUT2D eigenvalue weighted by atomic mass is 35.5. The third kappa shape index (κ3) is 1.50. The highest BCUT2D eigenvalue weighted by Gasteiger charge is 2.46. The second-order valence-corrected chi connectivity index (χ2v) is 4.63. The van der Waals surface area contributed by atoms with E-state index in [4.69, 9.17) is 16.3 Å². The van der Waals surface area contributed by atoms with Crippen molar-refractivity contribution in [2.75, 3.05) is 18.4 Å². The van der Waals surface area contributed by atoms with Gasteiger partial charge < -0.3 is 10.1 Å². The van der Waals surface area contributed by atoms with Crippen molar-refractivity contribution in [2.45, 2.75) is 12.0 Å². The lowest BCUT2D eigenvalue weighted by Crippen LogP contribution is -2.42. The Balaban J connectivity index is 2.23. The van der Waals surface area contributed by atoms with E-state index in [0.717, 1.165) is 0 Å². The van der Waals surface area contributed by atoms with Crippen molar-refractivity contribution in [3.05, 3.63) is 28.5 Å². The highest BCUT2D eigenvalue weighted by Crippen LogP contribution is 2.43. The zero-order valence-electron chi connectivity index (χ0n) is 8.85. The molecule has 2 heterocycles. The summed E-state index contributed by atoms with van der Waals surface area (Å²) in [6.07, 6.45) is -0.00654. The molecular formula is C11H10ClFN2O2. The highest BCUT2D eigenvalue weighted by molar-refractivity contribution is 6.31. The first-order valence-electron chi connectivity index (χ1n) is 5.32. The minimum atomic E-state index is -0.924. The van der Waals surface area contributed by atoms with Crippen LogP contribution in [0.25, 0.3) is 0 Å². The molecule has 0 aliphatic carbocycles. The molecule has 6 heteroatoms. The fraction of sp³-hybridized carbons (Fsp3) is 0.364. The second-order valence-electron chi connectivity index (χ2n) is 4.22. The smallest absolute Gasteiger partial charge is 0.412 e. The average molecular weight is 257 g/mol. The summed E-state index contributed by atoms with van der Waals surface area (Å²) >= 11 is 5.78. The van der Waals surface area contributed by atoms with Crippen LogP contribution < -0.4 is 10.6 Å². The van der Waals surface area contributed by atoms with Crippen molar-refractivity contribution >= 4 is 23.4 Å². The van der Waals surface area contributed by atoms with E-state index in [-0.39, 0.29) is 5.02 Å². The quantitative estimate of drug-likeness (QED) is 0.748. The van der Waals surface area contributed by atoms with Crippen molar-refractivity contribution in [2.24, 2.45) is 0 Å².